The molecule has 0 radical (unpaired) electrons. The maximum absolute atomic E-state index is 12.7. The highest BCUT2D eigenvalue weighted by atomic mass is 35.5. The van der Waals surface area contributed by atoms with Crippen LogP contribution >= 0.6 is 23.4 Å². The number of hydrogen-bond donors (Lipinski definition) is 0. The molecule has 0 aromatic heterocycles. The minimum Gasteiger partial charge on any atom is -0.481 e. The van der Waals surface area contributed by atoms with Gasteiger partial charge in [-0.1, -0.05) is 30.3 Å². The van der Waals surface area contributed by atoms with Gasteiger partial charge in [-0.15, -0.1) is 4.99 Å². The highest BCUT2D eigenvalue weighted by Gasteiger charge is 2.28. The van der Waals surface area contributed by atoms with Gasteiger partial charge < -0.3 is 14.5 Å². The van der Waals surface area contributed by atoms with Gasteiger partial charge in [-0.05, 0) is 36.9 Å². The summed E-state index contributed by atoms with van der Waals surface area (Å²) in [4.78, 5) is 20.4. The predicted octanol–water partition coefficient (Wildman–Crippen LogP) is 2.84. The first-order chi connectivity index (χ1) is 12.1. The molecule has 134 valence electrons. The molecule has 1 aromatic rings. The largest absolute Gasteiger partial charge is 0.481 e. The van der Waals surface area contributed by atoms with Gasteiger partial charge in [0.05, 0.1) is 0 Å². The third-order valence-corrected chi connectivity index (χ3v) is 4.89. The number of nitriles is 1. The lowest BCUT2D eigenvalue weighted by atomic mass is 10.2. The van der Waals surface area contributed by atoms with Gasteiger partial charge in [0.15, 0.2) is 11.3 Å². The second-order valence-corrected chi connectivity index (χ2v) is 6.69. The van der Waals surface area contributed by atoms with Crippen molar-refractivity contribution in [1.29, 1.82) is 5.26 Å². The van der Waals surface area contributed by atoms with Crippen LogP contribution in [0.4, 0.5) is 0 Å². The number of rotatable bonds is 4. The van der Waals surface area contributed by atoms with Crippen LogP contribution in [0.15, 0.2) is 29.3 Å². The van der Waals surface area contributed by atoms with Gasteiger partial charge in [0.1, 0.15) is 5.75 Å². The van der Waals surface area contributed by atoms with Gasteiger partial charge in [-0.2, -0.15) is 5.26 Å². The van der Waals surface area contributed by atoms with Crippen LogP contribution in [-0.4, -0.2) is 59.4 Å². The number of piperazine rings is 1. The van der Waals surface area contributed by atoms with Gasteiger partial charge in [0.25, 0.3) is 5.91 Å². The van der Waals surface area contributed by atoms with Gasteiger partial charge >= 0.3 is 0 Å². The van der Waals surface area contributed by atoms with E-state index < -0.39 is 6.10 Å². The summed E-state index contributed by atoms with van der Waals surface area (Å²) < 4.78 is 5.83. The minimum atomic E-state index is -0.513. The average molecular weight is 381 g/mol. The molecule has 1 fully saturated rings. The molecule has 2 rings (SSSR count). The number of amidine groups is 1. The van der Waals surface area contributed by atoms with Crippen LogP contribution in [0.3, 0.4) is 0 Å². The molecule has 1 aliphatic rings. The van der Waals surface area contributed by atoms with Gasteiger partial charge in [0, 0.05) is 31.2 Å². The molecule has 8 heteroatoms. The molecule has 25 heavy (non-hydrogen) atoms. The van der Waals surface area contributed by atoms with E-state index in [1.807, 2.05) is 29.2 Å². The quantitative estimate of drug-likeness (QED) is 0.456. The minimum absolute atomic E-state index is 0.0139. The number of hydrogen-bond acceptors (Lipinski definition) is 5. The number of ether oxygens (including phenoxy) is 1. The summed E-state index contributed by atoms with van der Waals surface area (Å²) in [7, 11) is 0. The fourth-order valence-corrected chi connectivity index (χ4v) is 3.29. The predicted molar refractivity (Wildman–Crippen MR) is 101 cm³/mol. The van der Waals surface area contributed by atoms with E-state index in [1.54, 1.807) is 24.3 Å². The Morgan fingerprint density at radius 1 is 1.32 bits per heavy atom. The molecule has 6 nitrogen and oxygen atoms in total. The summed E-state index contributed by atoms with van der Waals surface area (Å²) in [6.07, 6.45) is 3.79. The van der Waals surface area contributed by atoms with E-state index in [-0.39, 0.29) is 5.91 Å². The molecule has 0 N–H and O–H groups in total. The SMILES string of the molecule is CCC(Oc1ccc(Cl)cc1)C(=O)N1CCN(/C(=N/C#N)SC)CC1. The summed E-state index contributed by atoms with van der Waals surface area (Å²) in [6, 6.07) is 7.01. The second-order valence-electron chi connectivity index (χ2n) is 5.48. The Labute approximate surface area is 157 Å². The lowest BCUT2D eigenvalue weighted by Crippen LogP contribution is -2.53. The van der Waals surface area contributed by atoms with Crippen molar-refractivity contribution in [3.63, 3.8) is 0 Å². The highest BCUT2D eigenvalue weighted by molar-refractivity contribution is 8.13. The van der Waals surface area contributed by atoms with Crippen molar-refractivity contribution < 1.29 is 9.53 Å². The van der Waals surface area contributed by atoms with Crippen molar-refractivity contribution in [2.45, 2.75) is 19.4 Å². The number of nitrogens with zero attached hydrogens (tertiary/aromatic N) is 4. The maximum Gasteiger partial charge on any atom is 0.263 e. The van der Waals surface area contributed by atoms with Crippen LogP contribution in [0.5, 0.6) is 5.75 Å². The first-order valence-electron chi connectivity index (χ1n) is 8.05. The molecule has 1 aliphatic heterocycles. The maximum atomic E-state index is 12.7. The lowest BCUT2D eigenvalue weighted by molar-refractivity contribution is -0.140. The summed E-state index contributed by atoms with van der Waals surface area (Å²) in [5, 5.41) is 10.1. The third kappa shape index (κ3) is 5.28. The molecule has 1 saturated heterocycles. The smallest absolute Gasteiger partial charge is 0.263 e. The van der Waals surface area contributed by atoms with Crippen LogP contribution in [0.2, 0.25) is 5.02 Å². The molecule has 1 amide bonds. The van der Waals surface area contributed by atoms with Crippen LogP contribution in [0.1, 0.15) is 13.3 Å². The highest BCUT2D eigenvalue weighted by Crippen LogP contribution is 2.19. The van der Waals surface area contributed by atoms with E-state index in [9.17, 15) is 4.79 Å². The second kappa shape index (κ2) is 9.54. The fraction of sp³-hybridized carbons (Fsp3) is 0.471. The van der Waals surface area contributed by atoms with Gasteiger partial charge in [0.2, 0.25) is 6.19 Å². The normalized spacial score (nSPS) is 16.3. The van der Waals surface area contributed by atoms with Crippen LogP contribution in [0.25, 0.3) is 0 Å². The fourth-order valence-electron chi connectivity index (χ4n) is 2.60. The Kier molecular flexibility index (Phi) is 7.41. The van der Waals surface area contributed by atoms with Crippen molar-refractivity contribution in [3.05, 3.63) is 29.3 Å². The van der Waals surface area contributed by atoms with E-state index >= 15 is 0 Å². The zero-order chi connectivity index (χ0) is 18.2. The Bertz CT molecular complexity index is 652. The zero-order valence-corrected chi connectivity index (χ0v) is 15.9. The molecular formula is C17H21ClN4O2S. The van der Waals surface area contributed by atoms with Crippen molar-refractivity contribution in [3.8, 4) is 11.9 Å². The van der Waals surface area contributed by atoms with Crippen molar-refractivity contribution in [2.75, 3.05) is 32.4 Å². The lowest BCUT2D eigenvalue weighted by Gasteiger charge is -2.37. The van der Waals surface area contributed by atoms with E-state index in [1.165, 1.54) is 11.8 Å². The molecule has 1 aromatic carbocycles. The summed E-state index contributed by atoms with van der Waals surface area (Å²) in [6.45, 7) is 4.42. The zero-order valence-electron chi connectivity index (χ0n) is 14.3. The van der Waals surface area contributed by atoms with E-state index in [0.717, 1.165) is 0 Å². The van der Waals surface area contributed by atoms with Gasteiger partial charge in [-0.25, -0.2) is 0 Å². The Hall–Kier alpha value is -1.91. The first kappa shape index (κ1) is 19.4. The van der Waals surface area contributed by atoms with E-state index in [4.69, 9.17) is 21.6 Å². The molecule has 1 unspecified atom stereocenters. The summed E-state index contributed by atoms with van der Waals surface area (Å²) in [5.74, 6) is 0.620. The Balaban J connectivity index is 1.94. The van der Waals surface area contributed by atoms with E-state index in [0.29, 0.717) is 48.5 Å². The Morgan fingerprint density at radius 2 is 1.92 bits per heavy atom. The standard InChI is InChI=1S/C17H21ClN4O2S/c1-3-15(24-14-6-4-13(18)5-7-14)16(23)21-8-10-22(11-9-21)17(25-2)20-12-19/h4-7,15H,3,8-11H2,1-2H3/b20-17-. The third-order valence-electron chi connectivity index (χ3n) is 3.93. The number of thioether (sulfide) groups is 1. The number of halogens is 1. The molecule has 0 aliphatic carbocycles. The van der Waals surface area contributed by atoms with Crippen LogP contribution in [-0.2, 0) is 4.79 Å². The Morgan fingerprint density at radius 3 is 2.44 bits per heavy atom. The summed E-state index contributed by atoms with van der Waals surface area (Å²) >= 11 is 7.31. The first-order valence-corrected chi connectivity index (χ1v) is 9.66. The number of carbonyl (C=O) groups is 1. The molecule has 0 bridgehead atoms. The van der Waals surface area contributed by atoms with Crippen molar-refractivity contribution in [1.82, 2.24) is 9.80 Å². The van der Waals surface area contributed by atoms with Crippen molar-refractivity contribution >= 4 is 34.4 Å². The van der Waals surface area contributed by atoms with Crippen LogP contribution < -0.4 is 4.74 Å². The summed E-state index contributed by atoms with van der Waals surface area (Å²) in [5.41, 5.74) is 0. The number of carbonyl (C=O) groups excluding carboxylic acids is 1. The molecule has 1 heterocycles. The number of aliphatic imine (C=N–C) groups is 1. The number of amides is 1. The van der Waals surface area contributed by atoms with Crippen molar-refractivity contribution in [2.24, 2.45) is 4.99 Å². The van der Waals surface area contributed by atoms with E-state index in [2.05, 4.69) is 4.99 Å². The molecule has 0 spiro atoms. The topological polar surface area (TPSA) is 68.9 Å². The van der Waals surface area contributed by atoms with Crippen LogP contribution in [0, 0.1) is 11.5 Å². The monoisotopic (exact) mass is 380 g/mol. The average Bonchev–Trinajstić information content (AvgIpc) is 2.65. The molecule has 0 saturated carbocycles. The molecule has 1 atom stereocenters. The van der Waals surface area contributed by atoms with Gasteiger partial charge in [-0.3, -0.25) is 4.79 Å². The number of benzene rings is 1. The molecular weight excluding hydrogens is 360 g/mol.